The largest absolute Gasteiger partial charge is 0.385 e. The van der Waals surface area contributed by atoms with E-state index in [4.69, 9.17) is 0 Å². The second-order valence-corrected chi connectivity index (χ2v) is 6.11. The Hall–Kier alpha value is -0.930. The zero-order chi connectivity index (χ0) is 14.8. The number of benzene rings is 1. The van der Waals surface area contributed by atoms with E-state index >= 15 is 0 Å². The topological polar surface area (TPSA) is 23.5 Å². The maximum absolute atomic E-state index is 14.8. The zero-order valence-electron chi connectivity index (χ0n) is 12.8. The summed E-state index contributed by atoms with van der Waals surface area (Å²) in [4.78, 5) is 2.24. The van der Waals surface area contributed by atoms with Gasteiger partial charge >= 0.3 is 0 Å². The lowest BCUT2D eigenvalue weighted by Crippen LogP contribution is -2.66. The van der Waals surface area contributed by atoms with E-state index in [9.17, 15) is 9.50 Å². The Bertz CT molecular complexity index is 434. The Balaban J connectivity index is 2.23. The molecule has 112 valence electrons. The fourth-order valence-corrected chi connectivity index (χ4v) is 3.58. The van der Waals surface area contributed by atoms with Crippen LogP contribution >= 0.6 is 0 Å². The van der Waals surface area contributed by atoms with Gasteiger partial charge in [0.1, 0.15) is 11.3 Å². The second-order valence-electron chi connectivity index (χ2n) is 6.11. The van der Waals surface area contributed by atoms with E-state index < -0.39 is 11.3 Å². The van der Waals surface area contributed by atoms with Crippen LogP contribution in [0.2, 0.25) is 0 Å². The van der Waals surface area contributed by atoms with Gasteiger partial charge in [0.2, 0.25) is 0 Å². The third-order valence-corrected chi connectivity index (χ3v) is 4.92. The van der Waals surface area contributed by atoms with Gasteiger partial charge in [-0.3, -0.25) is 4.90 Å². The number of hydrogen-bond donors (Lipinski definition) is 1. The summed E-state index contributed by atoms with van der Waals surface area (Å²) >= 11 is 0. The highest BCUT2D eigenvalue weighted by Gasteiger charge is 2.55. The number of rotatable bonds is 4. The van der Waals surface area contributed by atoms with E-state index in [1.807, 2.05) is 32.0 Å². The summed E-state index contributed by atoms with van der Waals surface area (Å²) in [5.41, 5.74) is -1.54. The van der Waals surface area contributed by atoms with Crippen molar-refractivity contribution in [3.8, 4) is 0 Å². The molecule has 1 aliphatic rings. The summed E-state index contributed by atoms with van der Waals surface area (Å²) in [5.74, 6) is 0. The fourth-order valence-electron chi connectivity index (χ4n) is 3.58. The Morgan fingerprint density at radius 2 is 1.95 bits per heavy atom. The number of aliphatic hydroxyl groups is 1. The fraction of sp³-hybridized carbons (Fsp3) is 0.647. The van der Waals surface area contributed by atoms with Gasteiger partial charge in [0.05, 0.1) is 0 Å². The SMILES string of the molecule is CC[C@H]1N(Cc2ccccc2)CC[C@](C)(F)[C@]1(O)CC. The number of piperidine rings is 1. The van der Waals surface area contributed by atoms with Crippen molar-refractivity contribution in [3.05, 3.63) is 35.9 Å². The van der Waals surface area contributed by atoms with Crippen molar-refractivity contribution in [1.82, 2.24) is 4.90 Å². The third-order valence-electron chi connectivity index (χ3n) is 4.92. The van der Waals surface area contributed by atoms with Gasteiger partial charge < -0.3 is 5.11 Å². The molecular formula is C17H26FNO. The lowest BCUT2D eigenvalue weighted by molar-refractivity contribution is -0.180. The molecule has 2 rings (SSSR count). The molecule has 1 heterocycles. The maximum Gasteiger partial charge on any atom is 0.139 e. The molecule has 3 heteroatoms. The molecule has 1 saturated heterocycles. The van der Waals surface area contributed by atoms with Crippen LogP contribution in [0.4, 0.5) is 4.39 Å². The van der Waals surface area contributed by atoms with Crippen LogP contribution in [0.5, 0.6) is 0 Å². The molecule has 0 bridgehead atoms. The van der Waals surface area contributed by atoms with Crippen LogP contribution in [-0.2, 0) is 6.54 Å². The van der Waals surface area contributed by atoms with E-state index in [1.165, 1.54) is 5.56 Å². The van der Waals surface area contributed by atoms with Crippen LogP contribution in [0.15, 0.2) is 30.3 Å². The van der Waals surface area contributed by atoms with Crippen molar-refractivity contribution >= 4 is 0 Å². The summed E-state index contributed by atoms with van der Waals surface area (Å²) in [7, 11) is 0. The first-order chi connectivity index (χ1) is 9.44. The summed E-state index contributed by atoms with van der Waals surface area (Å²) < 4.78 is 14.8. The minimum atomic E-state index is -1.50. The Morgan fingerprint density at radius 3 is 2.50 bits per heavy atom. The minimum absolute atomic E-state index is 0.128. The van der Waals surface area contributed by atoms with Crippen molar-refractivity contribution in [2.75, 3.05) is 6.54 Å². The molecule has 0 radical (unpaired) electrons. The Kier molecular flexibility index (Phi) is 4.50. The summed E-state index contributed by atoms with van der Waals surface area (Å²) in [6.07, 6.45) is 1.60. The Morgan fingerprint density at radius 1 is 1.30 bits per heavy atom. The third kappa shape index (κ3) is 2.61. The van der Waals surface area contributed by atoms with E-state index in [0.29, 0.717) is 19.4 Å². The molecule has 1 aromatic carbocycles. The second kappa shape index (κ2) is 5.82. The van der Waals surface area contributed by atoms with E-state index in [1.54, 1.807) is 6.92 Å². The van der Waals surface area contributed by atoms with Crippen LogP contribution in [0, 0.1) is 0 Å². The quantitative estimate of drug-likeness (QED) is 0.911. The van der Waals surface area contributed by atoms with Crippen molar-refractivity contribution in [1.29, 1.82) is 0 Å². The highest BCUT2D eigenvalue weighted by atomic mass is 19.1. The first-order valence-corrected chi connectivity index (χ1v) is 7.64. The molecule has 1 N–H and O–H groups in total. The van der Waals surface area contributed by atoms with Crippen molar-refractivity contribution in [2.45, 2.75) is 63.9 Å². The van der Waals surface area contributed by atoms with Crippen LogP contribution in [0.1, 0.15) is 45.6 Å². The van der Waals surface area contributed by atoms with Gasteiger partial charge in [0.25, 0.3) is 0 Å². The molecule has 0 spiro atoms. The van der Waals surface area contributed by atoms with Gasteiger partial charge in [-0.1, -0.05) is 44.2 Å². The van der Waals surface area contributed by atoms with Crippen molar-refractivity contribution in [3.63, 3.8) is 0 Å². The maximum atomic E-state index is 14.8. The van der Waals surface area contributed by atoms with Gasteiger partial charge in [0, 0.05) is 19.1 Å². The molecule has 1 aromatic rings. The van der Waals surface area contributed by atoms with Crippen LogP contribution in [0.3, 0.4) is 0 Å². The highest BCUT2D eigenvalue weighted by molar-refractivity contribution is 5.16. The van der Waals surface area contributed by atoms with E-state index in [0.717, 1.165) is 13.0 Å². The van der Waals surface area contributed by atoms with E-state index in [-0.39, 0.29) is 6.04 Å². The molecule has 0 saturated carbocycles. The van der Waals surface area contributed by atoms with Gasteiger partial charge in [-0.2, -0.15) is 0 Å². The molecule has 1 aliphatic heterocycles. The lowest BCUT2D eigenvalue weighted by atomic mass is 9.71. The van der Waals surface area contributed by atoms with Crippen LogP contribution in [0.25, 0.3) is 0 Å². The van der Waals surface area contributed by atoms with Crippen LogP contribution in [-0.4, -0.2) is 33.9 Å². The highest BCUT2D eigenvalue weighted by Crippen LogP contribution is 2.43. The molecule has 0 aliphatic carbocycles. The lowest BCUT2D eigenvalue weighted by Gasteiger charge is -2.53. The molecule has 0 amide bonds. The van der Waals surface area contributed by atoms with Crippen LogP contribution < -0.4 is 0 Å². The number of nitrogens with zero attached hydrogens (tertiary/aromatic N) is 1. The van der Waals surface area contributed by atoms with Crippen molar-refractivity contribution < 1.29 is 9.50 Å². The summed E-state index contributed by atoms with van der Waals surface area (Å²) in [6, 6.07) is 10.1. The molecule has 20 heavy (non-hydrogen) atoms. The molecule has 3 atom stereocenters. The number of likely N-dealkylation sites (tertiary alicyclic amines) is 1. The molecular weight excluding hydrogens is 253 g/mol. The molecule has 1 fully saturated rings. The standard InChI is InChI=1S/C17H26FNO/c1-4-15-17(20,5-2)16(3,18)11-12-19(15)13-14-9-7-6-8-10-14/h6-10,15,20H,4-5,11-13H2,1-3H3/t15-,16+,17+/m1/s1. The number of hydrogen-bond acceptors (Lipinski definition) is 2. The smallest absolute Gasteiger partial charge is 0.139 e. The zero-order valence-corrected chi connectivity index (χ0v) is 12.8. The van der Waals surface area contributed by atoms with Gasteiger partial charge in [0.15, 0.2) is 0 Å². The minimum Gasteiger partial charge on any atom is -0.385 e. The summed E-state index contributed by atoms with van der Waals surface area (Å²) in [6.45, 7) is 6.94. The predicted octanol–water partition coefficient (Wildman–Crippen LogP) is 3.54. The monoisotopic (exact) mass is 279 g/mol. The normalized spacial score (nSPS) is 35.1. The van der Waals surface area contributed by atoms with Gasteiger partial charge in [-0.15, -0.1) is 0 Å². The average Bonchev–Trinajstić information content (AvgIpc) is 2.44. The number of halogens is 1. The predicted molar refractivity (Wildman–Crippen MR) is 80.3 cm³/mol. The Labute approximate surface area is 121 Å². The number of alkyl halides is 1. The van der Waals surface area contributed by atoms with Gasteiger partial charge in [-0.05, 0) is 31.7 Å². The first kappa shape index (κ1) is 15.5. The van der Waals surface area contributed by atoms with E-state index in [2.05, 4.69) is 17.0 Å². The molecule has 2 nitrogen and oxygen atoms in total. The molecule has 0 unspecified atom stereocenters. The molecule has 0 aromatic heterocycles. The van der Waals surface area contributed by atoms with Crippen molar-refractivity contribution in [2.24, 2.45) is 0 Å². The summed E-state index contributed by atoms with van der Waals surface area (Å²) in [5, 5.41) is 10.9. The van der Waals surface area contributed by atoms with Gasteiger partial charge in [-0.25, -0.2) is 4.39 Å². The first-order valence-electron chi connectivity index (χ1n) is 7.64. The average molecular weight is 279 g/mol.